The number of nitrogens with one attached hydrogen (secondary N) is 2. The third-order valence-corrected chi connectivity index (χ3v) is 4.68. The van der Waals surface area contributed by atoms with Gasteiger partial charge in [0.2, 0.25) is 5.91 Å². The third kappa shape index (κ3) is 6.28. The zero-order valence-corrected chi connectivity index (χ0v) is 17.8. The van der Waals surface area contributed by atoms with Crippen LogP contribution in [0.3, 0.4) is 0 Å². The van der Waals surface area contributed by atoms with Crippen LogP contribution in [0.15, 0.2) is 72.9 Å². The average molecular weight is 412 g/mol. The van der Waals surface area contributed by atoms with E-state index in [1.165, 1.54) is 0 Å². The van der Waals surface area contributed by atoms with E-state index in [2.05, 4.69) is 27.5 Å². The molecule has 0 radical (unpaired) electrons. The number of nitrogens with zero attached hydrogens (tertiary/aromatic N) is 1. The van der Waals surface area contributed by atoms with Crippen LogP contribution in [0, 0.1) is 24.7 Å². The van der Waals surface area contributed by atoms with Crippen molar-refractivity contribution in [2.75, 3.05) is 5.32 Å². The van der Waals surface area contributed by atoms with Gasteiger partial charge in [-0.05, 0) is 61.2 Å². The monoisotopic (exact) mass is 411 g/mol. The first-order valence-corrected chi connectivity index (χ1v) is 10.1. The molecule has 156 valence electrons. The van der Waals surface area contributed by atoms with E-state index in [-0.39, 0.29) is 17.7 Å². The zero-order chi connectivity index (χ0) is 22.2. The first-order valence-electron chi connectivity index (χ1n) is 10.1. The second kappa shape index (κ2) is 10.2. The summed E-state index contributed by atoms with van der Waals surface area (Å²) >= 11 is 0. The van der Waals surface area contributed by atoms with Gasteiger partial charge in [0.1, 0.15) is 11.7 Å². The summed E-state index contributed by atoms with van der Waals surface area (Å²) in [6.07, 6.45) is 1.69. The van der Waals surface area contributed by atoms with E-state index in [1.54, 1.807) is 30.5 Å². The molecule has 5 nitrogen and oxygen atoms in total. The number of hydrogen-bond acceptors (Lipinski definition) is 3. The van der Waals surface area contributed by atoms with Crippen molar-refractivity contribution >= 4 is 17.5 Å². The summed E-state index contributed by atoms with van der Waals surface area (Å²) in [6, 6.07) is 19.4. The lowest BCUT2D eigenvalue weighted by molar-refractivity contribution is -0.118. The molecule has 2 N–H and O–H groups in total. The van der Waals surface area contributed by atoms with Gasteiger partial charge in [-0.15, -0.1) is 0 Å². The summed E-state index contributed by atoms with van der Waals surface area (Å²) in [6.45, 7) is 5.75. The molecule has 1 unspecified atom stereocenters. The van der Waals surface area contributed by atoms with Gasteiger partial charge in [0.25, 0.3) is 5.91 Å². The van der Waals surface area contributed by atoms with Gasteiger partial charge < -0.3 is 10.6 Å². The number of anilines is 1. The van der Waals surface area contributed by atoms with Gasteiger partial charge in [0.15, 0.2) is 0 Å². The highest BCUT2D eigenvalue weighted by atomic mass is 16.2. The standard InChI is InChI=1S/C26H25N3O2/c1-18(2)24(29-25(30)21-13-10-19(3)11-14-21)26(31)28-23-9-6-7-20(17-23)12-15-22-8-4-5-16-27-22/h4-11,13-14,16-18,24H,1-3H3,(H,28,31)(H,29,30). The van der Waals surface area contributed by atoms with Gasteiger partial charge >= 0.3 is 0 Å². The van der Waals surface area contributed by atoms with E-state index >= 15 is 0 Å². The van der Waals surface area contributed by atoms with Gasteiger partial charge in [0.05, 0.1) is 0 Å². The fourth-order valence-corrected chi connectivity index (χ4v) is 2.93. The molecule has 0 bridgehead atoms. The lowest BCUT2D eigenvalue weighted by atomic mass is 10.0. The van der Waals surface area contributed by atoms with Gasteiger partial charge in [0, 0.05) is 23.0 Å². The summed E-state index contributed by atoms with van der Waals surface area (Å²) in [7, 11) is 0. The SMILES string of the molecule is Cc1ccc(C(=O)NC(C(=O)Nc2cccc(C#Cc3ccccn3)c2)C(C)C)cc1. The second-order valence-electron chi connectivity index (χ2n) is 7.60. The number of rotatable bonds is 5. The number of carbonyl (C=O) groups is 2. The molecular weight excluding hydrogens is 386 g/mol. The normalized spacial score (nSPS) is 11.2. The molecule has 0 aliphatic heterocycles. The molecule has 0 fully saturated rings. The largest absolute Gasteiger partial charge is 0.340 e. The quantitative estimate of drug-likeness (QED) is 0.619. The highest BCUT2D eigenvalue weighted by Crippen LogP contribution is 2.13. The molecule has 0 spiro atoms. The summed E-state index contributed by atoms with van der Waals surface area (Å²) in [4.78, 5) is 29.7. The average Bonchev–Trinajstić information content (AvgIpc) is 2.77. The van der Waals surface area contributed by atoms with Crippen molar-refractivity contribution in [3.8, 4) is 11.8 Å². The van der Waals surface area contributed by atoms with Crippen LogP contribution in [0.4, 0.5) is 5.69 Å². The predicted octanol–water partition coefficient (Wildman–Crippen LogP) is 4.18. The topological polar surface area (TPSA) is 71.1 Å². The molecular formula is C26H25N3O2. The first kappa shape index (κ1) is 21.8. The van der Waals surface area contributed by atoms with Crippen LogP contribution in [-0.2, 0) is 4.79 Å². The van der Waals surface area contributed by atoms with E-state index in [4.69, 9.17) is 0 Å². The number of aromatic nitrogens is 1. The molecule has 0 saturated carbocycles. The van der Waals surface area contributed by atoms with Gasteiger partial charge in [-0.3, -0.25) is 9.59 Å². The smallest absolute Gasteiger partial charge is 0.251 e. The Morgan fingerprint density at radius 2 is 1.71 bits per heavy atom. The van der Waals surface area contributed by atoms with Crippen LogP contribution in [0.1, 0.15) is 41.0 Å². The van der Waals surface area contributed by atoms with Crippen LogP contribution >= 0.6 is 0 Å². The predicted molar refractivity (Wildman–Crippen MR) is 123 cm³/mol. The molecule has 1 atom stereocenters. The maximum absolute atomic E-state index is 12.9. The van der Waals surface area contributed by atoms with Gasteiger partial charge in [-0.1, -0.05) is 49.6 Å². The van der Waals surface area contributed by atoms with Gasteiger partial charge in [-0.25, -0.2) is 4.98 Å². The number of pyridine rings is 1. The highest BCUT2D eigenvalue weighted by molar-refractivity contribution is 6.01. The Hall–Kier alpha value is -3.91. The maximum atomic E-state index is 12.9. The summed E-state index contributed by atoms with van der Waals surface area (Å²) < 4.78 is 0. The first-order chi connectivity index (χ1) is 14.9. The van der Waals surface area contributed by atoms with E-state index in [1.807, 2.05) is 63.2 Å². The Morgan fingerprint density at radius 1 is 0.935 bits per heavy atom. The van der Waals surface area contributed by atoms with Crippen LogP contribution in [0.2, 0.25) is 0 Å². The molecule has 2 aromatic carbocycles. The van der Waals surface area contributed by atoms with E-state index in [0.29, 0.717) is 16.9 Å². The molecule has 3 aromatic rings. The molecule has 0 saturated heterocycles. The second-order valence-corrected chi connectivity index (χ2v) is 7.60. The van der Waals surface area contributed by atoms with Crippen molar-refractivity contribution in [1.82, 2.24) is 10.3 Å². The summed E-state index contributed by atoms with van der Waals surface area (Å²) in [5.74, 6) is 5.42. The van der Waals surface area contributed by atoms with Crippen LogP contribution < -0.4 is 10.6 Å². The van der Waals surface area contributed by atoms with Crippen molar-refractivity contribution in [1.29, 1.82) is 0 Å². The Labute approximate surface area is 182 Å². The highest BCUT2D eigenvalue weighted by Gasteiger charge is 2.24. The van der Waals surface area contributed by atoms with Crippen molar-refractivity contribution in [3.63, 3.8) is 0 Å². The van der Waals surface area contributed by atoms with E-state index in [9.17, 15) is 9.59 Å². The minimum Gasteiger partial charge on any atom is -0.340 e. The number of aryl methyl sites for hydroxylation is 1. The molecule has 2 amide bonds. The van der Waals surface area contributed by atoms with Gasteiger partial charge in [-0.2, -0.15) is 0 Å². The molecule has 3 rings (SSSR count). The molecule has 0 aliphatic carbocycles. The number of amides is 2. The lowest BCUT2D eigenvalue weighted by Crippen LogP contribution is -2.47. The van der Waals surface area contributed by atoms with Crippen LogP contribution in [0.5, 0.6) is 0 Å². The fourth-order valence-electron chi connectivity index (χ4n) is 2.93. The molecule has 5 heteroatoms. The molecule has 31 heavy (non-hydrogen) atoms. The maximum Gasteiger partial charge on any atom is 0.251 e. The number of benzene rings is 2. The van der Waals surface area contributed by atoms with Crippen LogP contribution in [0.25, 0.3) is 0 Å². The third-order valence-electron chi connectivity index (χ3n) is 4.68. The summed E-state index contributed by atoms with van der Waals surface area (Å²) in [5.41, 5.74) is 3.65. The molecule has 1 heterocycles. The minimum absolute atomic E-state index is 0.0819. The number of carbonyl (C=O) groups excluding carboxylic acids is 2. The Kier molecular flexibility index (Phi) is 7.18. The van der Waals surface area contributed by atoms with Crippen molar-refractivity contribution in [2.45, 2.75) is 26.8 Å². The summed E-state index contributed by atoms with van der Waals surface area (Å²) in [5, 5.41) is 5.74. The Balaban J connectivity index is 1.70. The number of hydrogen-bond donors (Lipinski definition) is 2. The molecule has 0 aliphatic rings. The molecule has 1 aromatic heterocycles. The van der Waals surface area contributed by atoms with Crippen molar-refractivity contribution in [2.24, 2.45) is 5.92 Å². The van der Waals surface area contributed by atoms with Crippen LogP contribution in [-0.4, -0.2) is 22.8 Å². The lowest BCUT2D eigenvalue weighted by Gasteiger charge is -2.22. The van der Waals surface area contributed by atoms with E-state index < -0.39 is 6.04 Å². The Morgan fingerprint density at radius 3 is 2.39 bits per heavy atom. The fraction of sp³-hybridized carbons (Fsp3) is 0.192. The zero-order valence-electron chi connectivity index (χ0n) is 17.8. The van der Waals surface area contributed by atoms with Crippen molar-refractivity contribution in [3.05, 3.63) is 95.3 Å². The van der Waals surface area contributed by atoms with Crippen molar-refractivity contribution < 1.29 is 9.59 Å². The van der Waals surface area contributed by atoms with E-state index in [0.717, 1.165) is 11.1 Å². The minimum atomic E-state index is -0.669. The Bertz CT molecular complexity index is 1110.